The van der Waals surface area contributed by atoms with Crippen molar-refractivity contribution in [2.75, 3.05) is 5.43 Å². The largest absolute Gasteiger partial charge is 0.418 e. The lowest BCUT2D eigenvalue weighted by Gasteiger charge is -2.16. The van der Waals surface area contributed by atoms with E-state index in [1.807, 2.05) is 5.43 Å². The summed E-state index contributed by atoms with van der Waals surface area (Å²) in [5, 5.41) is 8.21. The van der Waals surface area contributed by atoms with Crippen LogP contribution in [0.25, 0.3) is 0 Å². The summed E-state index contributed by atoms with van der Waals surface area (Å²) in [5.74, 6) is -1.89. The molecule has 0 aliphatic carbocycles. The number of rotatable bonds is 3. The number of nitrogens with one attached hydrogen (secondary N) is 2. The van der Waals surface area contributed by atoms with Crippen LogP contribution >= 0.6 is 23.2 Å². The Morgan fingerprint density at radius 1 is 1.12 bits per heavy atom. The number of carbonyl (C=O) groups excluding carboxylic acids is 1. The highest BCUT2D eigenvalue weighted by Crippen LogP contribution is 2.35. The van der Waals surface area contributed by atoms with Gasteiger partial charge >= 0.3 is 6.18 Å². The molecular formula is C15H7Cl2F4N3O. The summed E-state index contributed by atoms with van der Waals surface area (Å²) in [6, 6.07) is 6.08. The van der Waals surface area contributed by atoms with Gasteiger partial charge in [0.1, 0.15) is 5.82 Å². The monoisotopic (exact) mass is 391 g/mol. The molecule has 1 amide bonds. The molecular weight excluding hydrogens is 385 g/mol. The SMILES string of the molecule is N#Cc1ccc(NNC(=O)c2cc(F)c(Cl)cc2Cl)c(C(F)(F)F)c1. The van der Waals surface area contributed by atoms with Gasteiger partial charge in [0.05, 0.1) is 38.5 Å². The Balaban J connectivity index is 2.26. The molecule has 0 aromatic heterocycles. The zero-order chi connectivity index (χ0) is 18.8. The van der Waals surface area contributed by atoms with E-state index in [-0.39, 0.29) is 21.2 Å². The number of anilines is 1. The van der Waals surface area contributed by atoms with Crippen LogP contribution in [0.3, 0.4) is 0 Å². The highest BCUT2D eigenvalue weighted by Gasteiger charge is 2.34. The maximum Gasteiger partial charge on any atom is 0.418 e. The molecule has 0 aliphatic heterocycles. The van der Waals surface area contributed by atoms with Gasteiger partial charge in [-0.3, -0.25) is 15.6 Å². The lowest BCUT2D eigenvalue weighted by molar-refractivity contribution is -0.137. The third-order valence-electron chi connectivity index (χ3n) is 3.02. The van der Waals surface area contributed by atoms with Gasteiger partial charge in [0.2, 0.25) is 0 Å². The van der Waals surface area contributed by atoms with Crippen LogP contribution in [-0.2, 0) is 6.18 Å². The summed E-state index contributed by atoms with van der Waals surface area (Å²) < 4.78 is 52.5. The molecule has 0 heterocycles. The lowest BCUT2D eigenvalue weighted by atomic mass is 10.1. The third kappa shape index (κ3) is 4.32. The predicted molar refractivity (Wildman–Crippen MR) is 83.7 cm³/mol. The Bertz CT molecular complexity index is 878. The van der Waals surface area contributed by atoms with Crippen molar-refractivity contribution < 1.29 is 22.4 Å². The molecule has 25 heavy (non-hydrogen) atoms. The van der Waals surface area contributed by atoms with Gasteiger partial charge in [0.25, 0.3) is 5.91 Å². The Hall–Kier alpha value is -2.50. The number of nitrogens with zero attached hydrogens (tertiary/aromatic N) is 1. The number of amides is 1. The van der Waals surface area contributed by atoms with Gasteiger partial charge in [-0.15, -0.1) is 0 Å². The molecule has 2 N–H and O–H groups in total. The third-order valence-corrected chi connectivity index (χ3v) is 3.62. The van der Waals surface area contributed by atoms with Crippen molar-refractivity contribution >= 4 is 34.8 Å². The summed E-state index contributed by atoms with van der Waals surface area (Å²) >= 11 is 11.3. The molecule has 2 rings (SSSR count). The van der Waals surface area contributed by atoms with Gasteiger partial charge in [-0.25, -0.2) is 4.39 Å². The van der Waals surface area contributed by atoms with Crippen molar-refractivity contribution in [3.63, 3.8) is 0 Å². The minimum Gasteiger partial charge on any atom is -0.298 e. The first-order valence-electron chi connectivity index (χ1n) is 6.45. The molecule has 4 nitrogen and oxygen atoms in total. The number of nitriles is 1. The maximum absolute atomic E-state index is 13.4. The first kappa shape index (κ1) is 18.8. The predicted octanol–water partition coefficient (Wildman–Crippen LogP) is 4.78. The second-order valence-corrected chi connectivity index (χ2v) is 5.51. The molecule has 2 aromatic rings. The molecule has 0 aliphatic rings. The zero-order valence-electron chi connectivity index (χ0n) is 12.0. The number of hydrazine groups is 1. The zero-order valence-corrected chi connectivity index (χ0v) is 13.5. The average molecular weight is 392 g/mol. The molecule has 0 atom stereocenters. The molecule has 0 radical (unpaired) electrons. The smallest absolute Gasteiger partial charge is 0.298 e. The number of carbonyl (C=O) groups is 1. The van der Waals surface area contributed by atoms with E-state index < -0.39 is 29.2 Å². The molecule has 0 bridgehead atoms. The van der Waals surface area contributed by atoms with Crippen LogP contribution in [0.15, 0.2) is 30.3 Å². The molecule has 0 saturated heterocycles. The van der Waals surface area contributed by atoms with Crippen molar-refractivity contribution in [2.45, 2.75) is 6.18 Å². The fraction of sp³-hybridized carbons (Fsp3) is 0.0667. The minimum absolute atomic E-state index is 0.179. The fourth-order valence-corrected chi connectivity index (χ4v) is 2.31. The first-order valence-corrected chi connectivity index (χ1v) is 7.21. The normalized spacial score (nSPS) is 10.9. The molecule has 0 spiro atoms. The van der Waals surface area contributed by atoms with E-state index >= 15 is 0 Å². The Kier molecular flexibility index (Phi) is 5.40. The Labute approximate surface area is 148 Å². The standard InChI is InChI=1S/C15H7Cl2F4N3O/c16-10-5-11(17)12(18)4-8(10)14(25)24-23-13-2-1-7(6-22)3-9(13)15(19,20)21/h1-5,23H,(H,24,25). The summed E-state index contributed by atoms with van der Waals surface area (Å²) in [7, 11) is 0. The van der Waals surface area contributed by atoms with Crippen molar-refractivity contribution in [2.24, 2.45) is 0 Å². The maximum atomic E-state index is 13.4. The van der Waals surface area contributed by atoms with Crippen molar-refractivity contribution in [3.05, 3.63) is 62.9 Å². The lowest BCUT2D eigenvalue weighted by Crippen LogP contribution is -2.31. The van der Waals surface area contributed by atoms with Crippen molar-refractivity contribution in [1.29, 1.82) is 5.26 Å². The summed E-state index contributed by atoms with van der Waals surface area (Å²) in [6.07, 6.45) is -4.76. The first-order chi connectivity index (χ1) is 11.6. The molecule has 0 saturated carbocycles. The quantitative estimate of drug-likeness (QED) is 0.449. The highest BCUT2D eigenvalue weighted by atomic mass is 35.5. The van der Waals surface area contributed by atoms with Crippen molar-refractivity contribution in [3.8, 4) is 6.07 Å². The summed E-state index contributed by atoms with van der Waals surface area (Å²) in [6.45, 7) is 0. The van der Waals surface area contributed by atoms with Gasteiger partial charge in [0, 0.05) is 0 Å². The molecule has 130 valence electrons. The van der Waals surface area contributed by atoms with E-state index in [1.54, 1.807) is 6.07 Å². The van der Waals surface area contributed by atoms with Gasteiger partial charge < -0.3 is 0 Å². The van der Waals surface area contributed by atoms with E-state index in [2.05, 4.69) is 5.43 Å². The number of hydrogen-bond donors (Lipinski definition) is 2. The minimum atomic E-state index is -4.76. The second kappa shape index (κ2) is 7.17. The van der Waals surface area contributed by atoms with Gasteiger partial charge in [-0.2, -0.15) is 18.4 Å². The number of hydrogen-bond acceptors (Lipinski definition) is 3. The summed E-state index contributed by atoms with van der Waals surface area (Å²) in [5.41, 5.74) is 1.90. The van der Waals surface area contributed by atoms with Gasteiger partial charge in [-0.1, -0.05) is 23.2 Å². The molecule has 10 heteroatoms. The Morgan fingerprint density at radius 3 is 2.40 bits per heavy atom. The second-order valence-electron chi connectivity index (χ2n) is 4.70. The fourth-order valence-electron chi connectivity index (χ4n) is 1.85. The topological polar surface area (TPSA) is 64.9 Å². The number of alkyl halides is 3. The van der Waals surface area contributed by atoms with Crippen molar-refractivity contribution in [1.82, 2.24) is 5.43 Å². The van der Waals surface area contributed by atoms with E-state index in [0.29, 0.717) is 6.07 Å². The number of benzene rings is 2. The van der Waals surface area contributed by atoms with Crippen LogP contribution < -0.4 is 10.9 Å². The number of halogens is 6. The highest BCUT2D eigenvalue weighted by molar-refractivity contribution is 6.36. The van der Waals surface area contributed by atoms with Crippen LogP contribution in [0.2, 0.25) is 10.0 Å². The molecule has 0 fully saturated rings. The van der Waals surface area contributed by atoms with Crippen LogP contribution in [0.4, 0.5) is 23.2 Å². The van der Waals surface area contributed by atoms with E-state index in [4.69, 9.17) is 28.5 Å². The van der Waals surface area contributed by atoms with Gasteiger partial charge in [0.15, 0.2) is 0 Å². The van der Waals surface area contributed by atoms with Crippen LogP contribution in [0, 0.1) is 17.1 Å². The van der Waals surface area contributed by atoms with E-state index in [1.165, 1.54) is 0 Å². The Morgan fingerprint density at radius 2 is 1.80 bits per heavy atom. The van der Waals surface area contributed by atoms with E-state index in [9.17, 15) is 22.4 Å². The average Bonchev–Trinajstić information content (AvgIpc) is 2.55. The summed E-state index contributed by atoms with van der Waals surface area (Å²) in [4.78, 5) is 12.0. The van der Waals surface area contributed by atoms with Gasteiger partial charge in [-0.05, 0) is 30.3 Å². The van der Waals surface area contributed by atoms with Crippen LogP contribution in [-0.4, -0.2) is 5.91 Å². The van der Waals surface area contributed by atoms with Crippen LogP contribution in [0.5, 0.6) is 0 Å². The molecule has 2 aromatic carbocycles. The van der Waals surface area contributed by atoms with E-state index in [0.717, 1.165) is 24.3 Å². The molecule has 0 unspecified atom stereocenters. The van der Waals surface area contributed by atoms with Crippen LogP contribution in [0.1, 0.15) is 21.5 Å².